The second-order valence-corrected chi connectivity index (χ2v) is 4.20. The van der Waals surface area contributed by atoms with Crippen LogP contribution < -0.4 is 0 Å². The highest BCUT2D eigenvalue weighted by atomic mass is 19.4. The summed E-state index contributed by atoms with van der Waals surface area (Å²) in [6, 6.07) is -0.671. The minimum absolute atomic E-state index is 0.194. The number of carbonyl (C=O) groups is 2. The maximum atomic E-state index is 12.3. The molecule has 0 bridgehead atoms. The van der Waals surface area contributed by atoms with Crippen LogP contribution >= 0.6 is 0 Å². The molecule has 0 fully saturated rings. The maximum absolute atomic E-state index is 12.3. The van der Waals surface area contributed by atoms with Gasteiger partial charge in [0.2, 0.25) is 0 Å². The van der Waals surface area contributed by atoms with Gasteiger partial charge in [-0.3, -0.25) is 4.79 Å². The Bertz CT molecular complexity index is 372. The Morgan fingerprint density at radius 3 is 1.89 bits per heavy atom. The van der Waals surface area contributed by atoms with Crippen LogP contribution in [0.2, 0.25) is 0 Å². The van der Waals surface area contributed by atoms with Crippen LogP contribution in [-0.2, 0) is 9.59 Å². The Morgan fingerprint density at radius 2 is 1.61 bits per heavy atom. The minimum atomic E-state index is -4.52. The Kier molecular flexibility index (Phi) is 5.38. The number of carboxylic acids is 1. The van der Waals surface area contributed by atoms with Gasteiger partial charge in [0, 0.05) is 17.2 Å². The van der Waals surface area contributed by atoms with Crippen molar-refractivity contribution in [1.82, 2.24) is 4.90 Å². The topological polar surface area (TPSA) is 57.6 Å². The van der Waals surface area contributed by atoms with E-state index in [-0.39, 0.29) is 11.1 Å². The first-order valence-electron chi connectivity index (χ1n) is 5.26. The van der Waals surface area contributed by atoms with E-state index in [1.165, 1.54) is 27.7 Å². The van der Waals surface area contributed by atoms with E-state index < -0.39 is 30.6 Å². The Labute approximate surface area is 103 Å². The van der Waals surface area contributed by atoms with Crippen LogP contribution in [0, 0.1) is 0 Å². The summed E-state index contributed by atoms with van der Waals surface area (Å²) < 4.78 is 37.0. The number of rotatable bonds is 4. The zero-order valence-electron chi connectivity index (χ0n) is 10.6. The minimum Gasteiger partial charge on any atom is -0.478 e. The van der Waals surface area contributed by atoms with Gasteiger partial charge in [0.25, 0.3) is 5.91 Å². The van der Waals surface area contributed by atoms with Gasteiger partial charge in [0.1, 0.15) is 6.54 Å². The number of aliphatic carboxylic acids is 1. The van der Waals surface area contributed by atoms with E-state index in [0.29, 0.717) is 4.90 Å². The standard InChI is InChI=1S/C11H16F3NO3/c1-6(2)15(5-11(12,13)14)9(16)7(3)8(4)10(17)18/h6H,5H2,1-4H3,(H,17,18). The van der Waals surface area contributed by atoms with E-state index >= 15 is 0 Å². The molecule has 0 aliphatic heterocycles. The molecular formula is C11H16F3NO3. The average molecular weight is 267 g/mol. The number of halogens is 3. The second kappa shape index (κ2) is 5.88. The van der Waals surface area contributed by atoms with Crippen LogP contribution in [0.5, 0.6) is 0 Å². The van der Waals surface area contributed by atoms with E-state index in [0.717, 1.165) is 0 Å². The van der Waals surface area contributed by atoms with Gasteiger partial charge in [-0.1, -0.05) is 0 Å². The van der Waals surface area contributed by atoms with Gasteiger partial charge in [-0.25, -0.2) is 4.79 Å². The van der Waals surface area contributed by atoms with Crippen molar-refractivity contribution in [2.24, 2.45) is 0 Å². The normalized spacial score (nSPS) is 13.3. The molecule has 0 aliphatic carbocycles. The van der Waals surface area contributed by atoms with Crippen molar-refractivity contribution in [3.8, 4) is 0 Å². The highest BCUT2D eigenvalue weighted by Crippen LogP contribution is 2.20. The van der Waals surface area contributed by atoms with Crippen LogP contribution in [-0.4, -0.2) is 40.6 Å². The second-order valence-electron chi connectivity index (χ2n) is 4.20. The summed E-state index contributed by atoms with van der Waals surface area (Å²) in [4.78, 5) is 23.1. The van der Waals surface area contributed by atoms with Crippen molar-refractivity contribution >= 4 is 11.9 Å². The molecule has 104 valence electrons. The van der Waals surface area contributed by atoms with Gasteiger partial charge < -0.3 is 10.0 Å². The molecule has 0 unspecified atom stereocenters. The lowest BCUT2D eigenvalue weighted by Crippen LogP contribution is -2.44. The quantitative estimate of drug-likeness (QED) is 0.794. The summed E-state index contributed by atoms with van der Waals surface area (Å²) in [5.74, 6) is -2.24. The number of carboxylic acid groups (broad SMARTS) is 1. The smallest absolute Gasteiger partial charge is 0.406 e. The van der Waals surface area contributed by atoms with E-state index in [1.807, 2.05) is 0 Å². The number of nitrogens with zero attached hydrogens (tertiary/aromatic N) is 1. The molecule has 0 heterocycles. The van der Waals surface area contributed by atoms with Gasteiger partial charge in [0.05, 0.1) is 0 Å². The Hall–Kier alpha value is -1.53. The molecule has 0 aliphatic rings. The van der Waals surface area contributed by atoms with E-state index in [4.69, 9.17) is 5.11 Å². The predicted octanol–water partition coefficient (Wildman–Crippen LogP) is 2.21. The molecule has 0 spiro atoms. The zero-order chi connectivity index (χ0) is 14.7. The lowest BCUT2D eigenvalue weighted by atomic mass is 10.1. The third kappa shape index (κ3) is 4.77. The van der Waals surface area contributed by atoms with Crippen molar-refractivity contribution in [1.29, 1.82) is 0 Å². The number of alkyl halides is 3. The van der Waals surface area contributed by atoms with E-state index in [1.54, 1.807) is 0 Å². The molecule has 0 aromatic heterocycles. The third-order valence-corrected chi connectivity index (χ3v) is 2.44. The first-order chi connectivity index (χ1) is 7.97. The zero-order valence-corrected chi connectivity index (χ0v) is 10.6. The first kappa shape index (κ1) is 16.5. The molecular weight excluding hydrogens is 251 g/mol. The van der Waals surface area contributed by atoms with Gasteiger partial charge in [-0.15, -0.1) is 0 Å². The average Bonchev–Trinajstić information content (AvgIpc) is 2.21. The van der Waals surface area contributed by atoms with E-state index in [9.17, 15) is 22.8 Å². The number of hydrogen-bond donors (Lipinski definition) is 1. The first-order valence-corrected chi connectivity index (χ1v) is 5.26. The summed E-state index contributed by atoms with van der Waals surface area (Å²) in [7, 11) is 0. The molecule has 0 saturated carbocycles. The lowest BCUT2D eigenvalue weighted by molar-refractivity contribution is -0.162. The Balaban J connectivity index is 5.24. The number of amides is 1. The van der Waals surface area contributed by atoms with Crippen molar-refractivity contribution in [2.75, 3.05) is 6.54 Å². The molecule has 7 heteroatoms. The van der Waals surface area contributed by atoms with Gasteiger partial charge >= 0.3 is 12.1 Å². The Morgan fingerprint density at radius 1 is 1.17 bits per heavy atom. The van der Waals surface area contributed by atoms with Crippen LogP contribution in [0.3, 0.4) is 0 Å². The molecule has 0 aromatic rings. The highest BCUT2D eigenvalue weighted by Gasteiger charge is 2.35. The van der Waals surface area contributed by atoms with Gasteiger partial charge in [0.15, 0.2) is 0 Å². The maximum Gasteiger partial charge on any atom is 0.406 e. The molecule has 0 atom stereocenters. The van der Waals surface area contributed by atoms with E-state index in [2.05, 4.69) is 0 Å². The SMILES string of the molecule is CC(C(=O)O)=C(C)C(=O)N(CC(F)(F)F)C(C)C. The fourth-order valence-electron chi connectivity index (χ4n) is 1.22. The number of hydrogen-bond acceptors (Lipinski definition) is 2. The van der Waals surface area contributed by atoms with Crippen LogP contribution in [0.25, 0.3) is 0 Å². The number of carbonyl (C=O) groups excluding carboxylic acids is 1. The highest BCUT2D eigenvalue weighted by molar-refractivity contribution is 6.01. The molecule has 0 radical (unpaired) electrons. The van der Waals surface area contributed by atoms with Crippen LogP contribution in [0.15, 0.2) is 11.1 Å². The van der Waals surface area contributed by atoms with Crippen molar-refractivity contribution in [3.05, 3.63) is 11.1 Å². The summed E-state index contributed by atoms with van der Waals surface area (Å²) in [6.45, 7) is 3.87. The molecule has 1 amide bonds. The predicted molar refractivity (Wildman–Crippen MR) is 58.9 cm³/mol. The van der Waals surface area contributed by atoms with Crippen LogP contribution in [0.4, 0.5) is 13.2 Å². The third-order valence-electron chi connectivity index (χ3n) is 2.44. The fourth-order valence-corrected chi connectivity index (χ4v) is 1.22. The molecule has 0 rings (SSSR count). The molecule has 0 saturated heterocycles. The lowest BCUT2D eigenvalue weighted by Gasteiger charge is -2.28. The molecule has 18 heavy (non-hydrogen) atoms. The molecule has 4 nitrogen and oxygen atoms in total. The summed E-state index contributed by atoms with van der Waals surface area (Å²) in [5, 5.41) is 8.70. The summed E-state index contributed by atoms with van der Waals surface area (Å²) in [5.41, 5.74) is -0.451. The summed E-state index contributed by atoms with van der Waals surface area (Å²) >= 11 is 0. The molecule has 0 aromatic carbocycles. The van der Waals surface area contributed by atoms with Crippen molar-refractivity contribution in [3.63, 3.8) is 0 Å². The summed E-state index contributed by atoms with van der Waals surface area (Å²) in [6.07, 6.45) is -4.52. The van der Waals surface area contributed by atoms with Crippen LogP contribution in [0.1, 0.15) is 27.7 Å². The fraction of sp³-hybridized carbons (Fsp3) is 0.636. The largest absolute Gasteiger partial charge is 0.478 e. The van der Waals surface area contributed by atoms with Crippen molar-refractivity contribution in [2.45, 2.75) is 39.9 Å². The van der Waals surface area contributed by atoms with Gasteiger partial charge in [-0.05, 0) is 27.7 Å². The van der Waals surface area contributed by atoms with Gasteiger partial charge in [-0.2, -0.15) is 13.2 Å². The monoisotopic (exact) mass is 267 g/mol. The van der Waals surface area contributed by atoms with Crippen molar-refractivity contribution < 1.29 is 27.9 Å². The molecule has 1 N–H and O–H groups in total.